The van der Waals surface area contributed by atoms with Gasteiger partial charge in [-0.25, -0.2) is 8.78 Å². The number of thiophene rings is 1. The lowest BCUT2D eigenvalue weighted by atomic mass is 9.89. The van der Waals surface area contributed by atoms with Crippen LogP contribution in [0.2, 0.25) is 0 Å². The van der Waals surface area contributed by atoms with Crippen LogP contribution in [0.25, 0.3) is 0 Å². The fourth-order valence-corrected chi connectivity index (χ4v) is 3.50. The van der Waals surface area contributed by atoms with Crippen molar-refractivity contribution in [2.45, 2.75) is 17.8 Å². The second kappa shape index (κ2) is 2.55. The zero-order valence-electron chi connectivity index (χ0n) is 7.59. The summed E-state index contributed by atoms with van der Waals surface area (Å²) in [6, 6.07) is 1.85. The molecule has 1 aliphatic heterocycles. The highest BCUT2D eigenvalue weighted by atomic mass is 32.1. The van der Waals surface area contributed by atoms with Gasteiger partial charge in [0.1, 0.15) is 0 Å². The maximum atomic E-state index is 13.7. The van der Waals surface area contributed by atoms with Gasteiger partial charge in [0.15, 0.2) is 0 Å². The number of nitrogens with one attached hydrogen (secondary N) is 1. The highest BCUT2D eigenvalue weighted by Crippen LogP contribution is 2.69. The van der Waals surface area contributed by atoms with E-state index < -0.39 is 17.3 Å². The van der Waals surface area contributed by atoms with Crippen molar-refractivity contribution in [3.05, 3.63) is 22.4 Å². The molecule has 2 atom stereocenters. The van der Waals surface area contributed by atoms with Crippen LogP contribution >= 0.6 is 11.3 Å². The van der Waals surface area contributed by atoms with E-state index in [1.807, 2.05) is 16.8 Å². The summed E-state index contributed by atoms with van der Waals surface area (Å²) in [6.45, 7) is 1.17. The number of piperidine rings is 1. The number of hydrogen-bond donors (Lipinski definition) is 1. The van der Waals surface area contributed by atoms with Crippen molar-refractivity contribution in [3.8, 4) is 0 Å². The predicted octanol–water partition coefficient (Wildman–Crippen LogP) is 2.24. The van der Waals surface area contributed by atoms with Gasteiger partial charge in [-0.1, -0.05) is 0 Å². The Bertz CT molecular complexity index is 349. The fraction of sp³-hybridized carbons (Fsp3) is 0.600. The SMILES string of the molecule is FC1(F)[C@@H]2CNCC[C@@]21c1ccsc1. The second-order valence-electron chi connectivity index (χ2n) is 4.11. The molecule has 1 saturated carbocycles. The number of rotatable bonds is 1. The van der Waals surface area contributed by atoms with Gasteiger partial charge < -0.3 is 5.32 Å². The predicted molar refractivity (Wildman–Crippen MR) is 51.9 cm³/mol. The highest BCUT2D eigenvalue weighted by molar-refractivity contribution is 7.08. The van der Waals surface area contributed by atoms with E-state index in [4.69, 9.17) is 0 Å². The average molecular weight is 215 g/mol. The minimum absolute atomic E-state index is 0.461. The lowest BCUT2D eigenvalue weighted by Gasteiger charge is -2.19. The number of halogens is 2. The van der Waals surface area contributed by atoms with Crippen molar-refractivity contribution in [3.63, 3.8) is 0 Å². The molecule has 0 radical (unpaired) electrons. The van der Waals surface area contributed by atoms with E-state index >= 15 is 0 Å². The molecular formula is C10H11F2NS. The monoisotopic (exact) mass is 215 g/mol. The van der Waals surface area contributed by atoms with Crippen molar-refractivity contribution < 1.29 is 8.78 Å². The van der Waals surface area contributed by atoms with E-state index in [9.17, 15) is 8.78 Å². The van der Waals surface area contributed by atoms with Gasteiger partial charge in [-0.05, 0) is 35.4 Å². The molecule has 1 nitrogen and oxygen atoms in total. The van der Waals surface area contributed by atoms with E-state index in [1.54, 1.807) is 0 Å². The molecule has 2 fully saturated rings. The summed E-state index contributed by atoms with van der Waals surface area (Å²) in [4.78, 5) is 0. The molecular weight excluding hydrogens is 204 g/mol. The Labute approximate surface area is 85.1 Å². The first-order chi connectivity index (χ1) is 6.69. The standard InChI is InChI=1S/C10H11F2NS/c11-10(12)8-5-13-3-2-9(8,10)7-1-4-14-6-7/h1,4,6,8,13H,2-3,5H2/t8-,9-/m1/s1. The molecule has 3 rings (SSSR count). The van der Waals surface area contributed by atoms with E-state index in [2.05, 4.69) is 5.32 Å². The molecule has 1 saturated heterocycles. The van der Waals surface area contributed by atoms with Gasteiger partial charge in [0.05, 0.1) is 11.3 Å². The number of alkyl halides is 2. The third kappa shape index (κ3) is 0.816. The summed E-state index contributed by atoms with van der Waals surface area (Å²) in [6.07, 6.45) is 0.571. The normalized spacial score (nSPS) is 39.1. The van der Waals surface area contributed by atoms with Crippen LogP contribution in [0, 0.1) is 5.92 Å². The number of hydrogen-bond acceptors (Lipinski definition) is 2. The lowest BCUT2D eigenvalue weighted by molar-refractivity contribution is 0.0782. The van der Waals surface area contributed by atoms with Crippen molar-refractivity contribution >= 4 is 11.3 Å². The van der Waals surface area contributed by atoms with Crippen LogP contribution < -0.4 is 5.32 Å². The lowest BCUT2D eigenvalue weighted by Crippen LogP contribution is -2.31. The molecule has 0 amide bonds. The third-order valence-electron chi connectivity index (χ3n) is 3.62. The third-order valence-corrected chi connectivity index (χ3v) is 4.31. The van der Waals surface area contributed by atoms with Crippen LogP contribution in [0.1, 0.15) is 12.0 Å². The summed E-state index contributed by atoms with van der Waals surface area (Å²) in [5, 5.41) is 6.80. The fourth-order valence-electron chi connectivity index (χ4n) is 2.76. The van der Waals surface area contributed by atoms with Crippen molar-refractivity contribution in [2.24, 2.45) is 5.92 Å². The molecule has 1 aromatic rings. The Morgan fingerprint density at radius 1 is 1.50 bits per heavy atom. The summed E-state index contributed by atoms with van der Waals surface area (Å²) in [5.41, 5.74) is 0.0251. The molecule has 4 heteroatoms. The first kappa shape index (κ1) is 8.80. The van der Waals surface area contributed by atoms with Gasteiger partial charge in [0.25, 0.3) is 5.92 Å². The Kier molecular flexibility index (Phi) is 1.60. The minimum Gasteiger partial charge on any atom is -0.316 e. The molecule has 1 aliphatic carbocycles. The van der Waals surface area contributed by atoms with Crippen LogP contribution in [0.5, 0.6) is 0 Å². The molecule has 0 unspecified atom stereocenters. The van der Waals surface area contributed by atoms with Crippen LogP contribution in [0.3, 0.4) is 0 Å². The van der Waals surface area contributed by atoms with E-state index in [0.29, 0.717) is 19.5 Å². The van der Waals surface area contributed by atoms with E-state index in [-0.39, 0.29) is 0 Å². The Morgan fingerprint density at radius 3 is 3.00 bits per heavy atom. The van der Waals surface area contributed by atoms with E-state index in [1.165, 1.54) is 11.3 Å². The van der Waals surface area contributed by atoms with Gasteiger partial charge in [-0.15, -0.1) is 0 Å². The van der Waals surface area contributed by atoms with Crippen LogP contribution in [-0.4, -0.2) is 19.0 Å². The molecule has 1 N–H and O–H groups in total. The molecule has 2 aliphatic rings. The maximum absolute atomic E-state index is 13.7. The van der Waals surface area contributed by atoms with Gasteiger partial charge in [-0.2, -0.15) is 11.3 Å². The Morgan fingerprint density at radius 2 is 2.36 bits per heavy atom. The first-order valence-electron chi connectivity index (χ1n) is 4.81. The largest absolute Gasteiger partial charge is 0.316 e. The van der Waals surface area contributed by atoms with Crippen LogP contribution in [-0.2, 0) is 5.41 Å². The van der Waals surface area contributed by atoms with Crippen molar-refractivity contribution in [1.82, 2.24) is 5.32 Å². The molecule has 0 aromatic carbocycles. The average Bonchev–Trinajstić information content (AvgIpc) is 2.62. The van der Waals surface area contributed by atoms with Crippen molar-refractivity contribution in [2.75, 3.05) is 13.1 Å². The maximum Gasteiger partial charge on any atom is 0.263 e. The van der Waals surface area contributed by atoms with Crippen LogP contribution in [0.4, 0.5) is 8.78 Å². The summed E-state index contributed by atoms with van der Waals surface area (Å²) in [5.74, 6) is -2.96. The minimum atomic E-state index is -2.49. The molecule has 1 aromatic heterocycles. The quantitative estimate of drug-likeness (QED) is 0.757. The first-order valence-corrected chi connectivity index (χ1v) is 5.75. The van der Waals surface area contributed by atoms with Crippen LogP contribution in [0.15, 0.2) is 16.8 Å². The molecule has 0 bridgehead atoms. The molecule has 0 spiro atoms. The van der Waals surface area contributed by atoms with Gasteiger partial charge in [0.2, 0.25) is 0 Å². The summed E-state index contributed by atoms with van der Waals surface area (Å²) < 4.78 is 27.4. The van der Waals surface area contributed by atoms with E-state index in [0.717, 1.165) is 5.56 Å². The topological polar surface area (TPSA) is 12.0 Å². The zero-order chi connectivity index (χ0) is 9.81. The zero-order valence-corrected chi connectivity index (χ0v) is 8.41. The number of fused-ring (bicyclic) bond motifs is 1. The molecule has 14 heavy (non-hydrogen) atoms. The smallest absolute Gasteiger partial charge is 0.263 e. The van der Waals surface area contributed by atoms with Gasteiger partial charge in [0, 0.05) is 6.54 Å². The molecule has 76 valence electrons. The second-order valence-corrected chi connectivity index (χ2v) is 4.89. The molecule has 2 heterocycles. The highest BCUT2D eigenvalue weighted by Gasteiger charge is 2.80. The van der Waals surface area contributed by atoms with Gasteiger partial charge >= 0.3 is 0 Å². The summed E-state index contributed by atoms with van der Waals surface area (Å²) >= 11 is 1.51. The Balaban J connectivity index is 2.04. The van der Waals surface area contributed by atoms with Gasteiger partial charge in [-0.3, -0.25) is 0 Å². The Hall–Kier alpha value is -0.480. The van der Waals surface area contributed by atoms with Crippen molar-refractivity contribution in [1.29, 1.82) is 0 Å². The summed E-state index contributed by atoms with van der Waals surface area (Å²) in [7, 11) is 0.